The third-order valence-corrected chi connectivity index (χ3v) is 4.17. The zero-order valence-electron chi connectivity index (χ0n) is 16.9. The van der Waals surface area contributed by atoms with E-state index < -0.39 is 60.4 Å². The van der Waals surface area contributed by atoms with E-state index in [2.05, 4.69) is 16.0 Å². The number of nitrogens with one attached hydrogen (secondary N) is 3. The number of carbonyl (C=O) groups is 5. The Morgan fingerprint density at radius 1 is 0.900 bits per heavy atom. The van der Waals surface area contributed by atoms with Crippen molar-refractivity contribution in [2.45, 2.75) is 63.2 Å². The van der Waals surface area contributed by atoms with E-state index in [1.165, 1.54) is 6.92 Å². The van der Waals surface area contributed by atoms with Crippen molar-refractivity contribution in [3.8, 4) is 0 Å². The lowest BCUT2D eigenvalue weighted by molar-refractivity contribution is -0.143. The summed E-state index contributed by atoms with van der Waals surface area (Å²) in [5.74, 6) is -4.21. The molecule has 11 N–H and O–H groups in total. The molecule has 0 radical (unpaired) electrons. The summed E-state index contributed by atoms with van der Waals surface area (Å²) in [6, 6.07) is -4.72. The van der Waals surface area contributed by atoms with Crippen LogP contribution in [0.2, 0.25) is 0 Å². The monoisotopic (exact) mass is 432 g/mol. The smallest absolute Gasteiger partial charge is 0.328 e. The maximum atomic E-state index is 12.4. The summed E-state index contributed by atoms with van der Waals surface area (Å²) >= 11 is 0. The number of aliphatic hydroxyl groups excluding tert-OH is 1. The summed E-state index contributed by atoms with van der Waals surface area (Å²) in [6.07, 6.45) is 1.14. The fraction of sp³-hybridized carbons (Fsp3) is 0.706. The number of carboxylic acids is 1. The number of nitrogens with two attached hydrogens (primary N) is 3. The number of primary amides is 1. The molecule has 0 bridgehead atoms. The van der Waals surface area contributed by atoms with E-state index in [4.69, 9.17) is 27.4 Å². The Labute approximate surface area is 174 Å². The molecular formula is C17H32N6O7. The molecule has 30 heavy (non-hydrogen) atoms. The first-order chi connectivity index (χ1) is 14.0. The molecule has 172 valence electrons. The van der Waals surface area contributed by atoms with Crippen LogP contribution in [0.25, 0.3) is 0 Å². The van der Waals surface area contributed by atoms with E-state index >= 15 is 0 Å². The average molecular weight is 432 g/mol. The molecule has 4 atom stereocenters. The van der Waals surface area contributed by atoms with E-state index in [1.807, 2.05) is 0 Å². The number of rotatable bonds is 15. The normalized spacial score (nSPS) is 14.7. The van der Waals surface area contributed by atoms with Crippen molar-refractivity contribution < 1.29 is 34.2 Å². The first kappa shape index (κ1) is 27.2. The van der Waals surface area contributed by atoms with E-state index in [0.717, 1.165) is 0 Å². The Hall–Kier alpha value is -2.77. The first-order valence-electron chi connectivity index (χ1n) is 9.52. The standard InChI is InChI=1S/C17H32N6O7/c1-9(21-15(27)10(19)5-6-13(20)25)14(26)22-11(4-2-3-7-18)16(28)23-12(8-24)17(29)30/h9-12,24H,2-8,18-19H2,1H3,(H2,20,25)(H,21,27)(H,22,26)(H,23,28)(H,29,30). The number of amides is 4. The zero-order chi connectivity index (χ0) is 23.3. The van der Waals surface area contributed by atoms with Crippen LogP contribution >= 0.6 is 0 Å². The van der Waals surface area contributed by atoms with E-state index in [0.29, 0.717) is 19.4 Å². The van der Waals surface area contributed by atoms with Crippen LogP contribution in [-0.4, -0.2) is 77.1 Å². The molecule has 13 heteroatoms. The van der Waals surface area contributed by atoms with Gasteiger partial charge in [0.05, 0.1) is 12.6 Å². The van der Waals surface area contributed by atoms with Crippen molar-refractivity contribution in [2.75, 3.05) is 13.2 Å². The molecule has 0 spiro atoms. The number of unbranched alkanes of at least 4 members (excludes halogenated alkanes) is 1. The number of aliphatic hydroxyl groups is 1. The molecule has 0 aromatic carbocycles. The quantitative estimate of drug-likeness (QED) is 0.118. The molecule has 0 aromatic rings. The van der Waals surface area contributed by atoms with Gasteiger partial charge in [0.1, 0.15) is 18.1 Å². The van der Waals surface area contributed by atoms with Crippen LogP contribution in [0.1, 0.15) is 39.0 Å². The number of carbonyl (C=O) groups excluding carboxylic acids is 4. The lowest BCUT2D eigenvalue weighted by atomic mass is 10.1. The molecule has 0 saturated heterocycles. The molecule has 0 aliphatic carbocycles. The van der Waals surface area contributed by atoms with Gasteiger partial charge >= 0.3 is 5.97 Å². The number of aliphatic carboxylic acids is 1. The highest BCUT2D eigenvalue weighted by Crippen LogP contribution is 2.03. The van der Waals surface area contributed by atoms with Crippen LogP contribution in [0.15, 0.2) is 0 Å². The Kier molecular flexibility index (Phi) is 12.9. The fourth-order valence-corrected chi connectivity index (χ4v) is 2.33. The maximum Gasteiger partial charge on any atom is 0.328 e. The molecule has 4 amide bonds. The van der Waals surface area contributed by atoms with Crippen molar-refractivity contribution in [1.29, 1.82) is 0 Å². The van der Waals surface area contributed by atoms with Crippen molar-refractivity contribution in [1.82, 2.24) is 16.0 Å². The fourth-order valence-electron chi connectivity index (χ4n) is 2.33. The second-order valence-electron chi connectivity index (χ2n) is 6.77. The van der Waals surface area contributed by atoms with Gasteiger partial charge in [0.15, 0.2) is 0 Å². The molecule has 0 aliphatic rings. The highest BCUT2D eigenvalue weighted by molar-refractivity contribution is 5.94. The molecule has 0 heterocycles. The van der Waals surface area contributed by atoms with Gasteiger partial charge in [-0.15, -0.1) is 0 Å². The van der Waals surface area contributed by atoms with Crippen LogP contribution in [0.5, 0.6) is 0 Å². The molecule has 0 rings (SSSR count). The molecule has 4 unspecified atom stereocenters. The first-order valence-corrected chi connectivity index (χ1v) is 9.52. The molecule has 0 saturated carbocycles. The Morgan fingerprint density at radius 2 is 1.50 bits per heavy atom. The third-order valence-electron chi connectivity index (χ3n) is 4.17. The SMILES string of the molecule is CC(NC(=O)C(N)CCC(N)=O)C(=O)NC(CCCCN)C(=O)NC(CO)C(=O)O. The second-order valence-corrected chi connectivity index (χ2v) is 6.77. The van der Waals surface area contributed by atoms with Crippen LogP contribution < -0.4 is 33.2 Å². The summed E-state index contributed by atoms with van der Waals surface area (Å²) in [4.78, 5) is 58.5. The lowest BCUT2D eigenvalue weighted by Gasteiger charge is -2.23. The van der Waals surface area contributed by atoms with Crippen LogP contribution in [0, 0.1) is 0 Å². The van der Waals surface area contributed by atoms with Gasteiger partial charge in [0.2, 0.25) is 23.6 Å². The molecule has 0 aromatic heterocycles. The Balaban J connectivity index is 4.95. The van der Waals surface area contributed by atoms with Crippen molar-refractivity contribution >= 4 is 29.6 Å². The number of hydrogen-bond donors (Lipinski definition) is 8. The minimum Gasteiger partial charge on any atom is -0.480 e. The molecule has 0 fully saturated rings. The van der Waals surface area contributed by atoms with E-state index in [9.17, 15) is 24.0 Å². The van der Waals surface area contributed by atoms with Gasteiger partial charge in [0, 0.05) is 6.42 Å². The predicted octanol–water partition coefficient (Wildman–Crippen LogP) is -3.74. The van der Waals surface area contributed by atoms with Gasteiger partial charge < -0.3 is 43.4 Å². The predicted molar refractivity (Wildman–Crippen MR) is 105 cm³/mol. The summed E-state index contributed by atoms with van der Waals surface area (Å²) in [6.45, 7) is 0.920. The third kappa shape index (κ3) is 10.7. The number of hydrogen-bond acceptors (Lipinski definition) is 8. The largest absolute Gasteiger partial charge is 0.480 e. The lowest BCUT2D eigenvalue weighted by Crippen LogP contribution is -2.56. The summed E-state index contributed by atoms with van der Waals surface area (Å²) in [7, 11) is 0. The van der Waals surface area contributed by atoms with Gasteiger partial charge in [-0.1, -0.05) is 0 Å². The van der Waals surface area contributed by atoms with Gasteiger partial charge in [-0.25, -0.2) is 4.79 Å². The summed E-state index contributed by atoms with van der Waals surface area (Å²) in [5.41, 5.74) is 16.1. The minimum atomic E-state index is -1.52. The topological polar surface area (TPSA) is 240 Å². The molecule has 13 nitrogen and oxygen atoms in total. The van der Waals surface area contributed by atoms with Gasteiger partial charge in [-0.2, -0.15) is 0 Å². The van der Waals surface area contributed by atoms with Crippen LogP contribution in [-0.2, 0) is 24.0 Å². The van der Waals surface area contributed by atoms with Gasteiger partial charge in [0.25, 0.3) is 0 Å². The Morgan fingerprint density at radius 3 is 2.00 bits per heavy atom. The minimum absolute atomic E-state index is 0.0113. The van der Waals surface area contributed by atoms with Gasteiger partial charge in [-0.3, -0.25) is 19.2 Å². The Bertz CT molecular complexity index is 615. The summed E-state index contributed by atoms with van der Waals surface area (Å²) in [5, 5.41) is 25.0. The maximum absolute atomic E-state index is 12.4. The van der Waals surface area contributed by atoms with Crippen LogP contribution in [0.4, 0.5) is 0 Å². The molecular weight excluding hydrogens is 400 g/mol. The number of carboxylic acid groups (broad SMARTS) is 1. The highest BCUT2D eigenvalue weighted by Gasteiger charge is 2.28. The van der Waals surface area contributed by atoms with E-state index in [1.54, 1.807) is 0 Å². The zero-order valence-corrected chi connectivity index (χ0v) is 16.9. The van der Waals surface area contributed by atoms with Crippen LogP contribution in [0.3, 0.4) is 0 Å². The van der Waals surface area contributed by atoms with Crippen molar-refractivity contribution in [3.05, 3.63) is 0 Å². The van der Waals surface area contributed by atoms with Crippen molar-refractivity contribution in [2.24, 2.45) is 17.2 Å². The van der Waals surface area contributed by atoms with Crippen molar-refractivity contribution in [3.63, 3.8) is 0 Å². The highest BCUT2D eigenvalue weighted by atomic mass is 16.4. The van der Waals surface area contributed by atoms with Gasteiger partial charge in [-0.05, 0) is 39.2 Å². The average Bonchev–Trinajstić information content (AvgIpc) is 2.68. The summed E-state index contributed by atoms with van der Waals surface area (Å²) < 4.78 is 0. The molecule has 0 aliphatic heterocycles. The second kappa shape index (κ2) is 14.3. The van der Waals surface area contributed by atoms with E-state index in [-0.39, 0.29) is 19.3 Å².